The van der Waals surface area contributed by atoms with E-state index < -0.39 is 23.7 Å². The lowest BCUT2D eigenvalue weighted by atomic mass is 9.89. The van der Waals surface area contributed by atoms with Crippen LogP contribution in [0.15, 0.2) is 12.2 Å². The summed E-state index contributed by atoms with van der Waals surface area (Å²) in [6, 6.07) is -0.431. The van der Waals surface area contributed by atoms with E-state index in [0.717, 1.165) is 25.3 Å². The molecule has 1 saturated heterocycles. The van der Waals surface area contributed by atoms with E-state index in [1.165, 1.54) is 4.90 Å². The Bertz CT molecular complexity index is 530. The van der Waals surface area contributed by atoms with Crippen LogP contribution in [0.1, 0.15) is 52.9 Å². The molecule has 0 aromatic carbocycles. The average Bonchev–Trinajstić information content (AvgIpc) is 3.15. The normalized spacial score (nSPS) is 22.1. The zero-order chi connectivity index (χ0) is 17.9. The van der Waals surface area contributed by atoms with Gasteiger partial charge in [-0.1, -0.05) is 18.9 Å². The fourth-order valence-electron chi connectivity index (χ4n) is 2.89. The standard InChI is InChI=1S/C18H27NO5/c1-18(2,3)24-17(23)19-9-8-14(19)15(20)11-13(6-7-16(21)22)10-12-4-5-12/h6-7,12-14H,4-5,8-11H2,1-3H3,(H,21,22)/b7-6+/t13-,14+/m1/s1. The van der Waals surface area contributed by atoms with Crippen LogP contribution in [0, 0.1) is 11.8 Å². The van der Waals surface area contributed by atoms with Crippen molar-refractivity contribution in [2.45, 2.75) is 64.5 Å². The van der Waals surface area contributed by atoms with Crippen LogP contribution < -0.4 is 0 Å². The number of carboxylic acids is 1. The molecule has 0 radical (unpaired) electrons. The first-order valence-corrected chi connectivity index (χ1v) is 8.59. The van der Waals surface area contributed by atoms with E-state index in [2.05, 4.69) is 0 Å². The number of rotatable bonds is 7. The Morgan fingerprint density at radius 3 is 2.38 bits per heavy atom. The smallest absolute Gasteiger partial charge is 0.410 e. The van der Waals surface area contributed by atoms with Gasteiger partial charge >= 0.3 is 12.1 Å². The summed E-state index contributed by atoms with van der Waals surface area (Å²) in [6.07, 6.45) is 6.36. The van der Waals surface area contributed by atoms with Gasteiger partial charge in [-0.3, -0.25) is 9.69 Å². The number of aliphatic carboxylic acids is 1. The van der Waals surface area contributed by atoms with Crippen molar-refractivity contribution in [3.05, 3.63) is 12.2 Å². The predicted octanol–water partition coefficient (Wildman–Crippen LogP) is 3.01. The third-order valence-electron chi connectivity index (χ3n) is 4.33. The number of Topliss-reactive ketones (excluding diaryl/α,β-unsaturated/α-hetero) is 1. The highest BCUT2D eigenvalue weighted by molar-refractivity contribution is 5.89. The number of hydrogen-bond donors (Lipinski definition) is 1. The molecule has 2 rings (SSSR count). The van der Waals surface area contributed by atoms with Gasteiger partial charge in [0.05, 0.1) is 6.04 Å². The molecule has 0 aromatic rings. The van der Waals surface area contributed by atoms with Gasteiger partial charge in [-0.05, 0) is 45.4 Å². The summed E-state index contributed by atoms with van der Waals surface area (Å²) >= 11 is 0. The summed E-state index contributed by atoms with van der Waals surface area (Å²) in [6.45, 7) is 5.92. The van der Waals surface area contributed by atoms with Gasteiger partial charge in [0.2, 0.25) is 0 Å². The van der Waals surface area contributed by atoms with Gasteiger partial charge in [0.15, 0.2) is 5.78 Å². The van der Waals surface area contributed by atoms with Crippen LogP contribution in [-0.2, 0) is 14.3 Å². The number of carbonyl (C=O) groups excluding carboxylic acids is 2. The highest BCUT2D eigenvalue weighted by atomic mass is 16.6. The van der Waals surface area contributed by atoms with Crippen molar-refractivity contribution in [1.29, 1.82) is 0 Å². The lowest BCUT2D eigenvalue weighted by Crippen LogP contribution is -2.56. The second-order valence-corrected chi connectivity index (χ2v) is 7.79. The molecule has 2 aliphatic rings. The minimum atomic E-state index is -0.998. The van der Waals surface area contributed by atoms with Crippen LogP contribution in [0.25, 0.3) is 0 Å². The van der Waals surface area contributed by atoms with Crippen LogP contribution in [0.2, 0.25) is 0 Å². The van der Waals surface area contributed by atoms with E-state index in [9.17, 15) is 14.4 Å². The Hall–Kier alpha value is -1.85. The Balaban J connectivity index is 1.91. The first-order chi connectivity index (χ1) is 11.2. The quantitative estimate of drug-likeness (QED) is 0.722. The van der Waals surface area contributed by atoms with Crippen molar-refractivity contribution in [3.8, 4) is 0 Å². The van der Waals surface area contributed by atoms with Crippen LogP contribution in [0.4, 0.5) is 4.79 Å². The average molecular weight is 337 g/mol. The lowest BCUT2D eigenvalue weighted by molar-refractivity contribution is -0.131. The van der Waals surface area contributed by atoms with Gasteiger partial charge in [-0.15, -0.1) is 0 Å². The first-order valence-electron chi connectivity index (χ1n) is 8.59. The molecule has 0 unspecified atom stereocenters. The second kappa shape index (κ2) is 7.36. The van der Waals surface area contributed by atoms with Crippen LogP contribution in [0.5, 0.6) is 0 Å². The van der Waals surface area contributed by atoms with Gasteiger partial charge in [0.1, 0.15) is 5.60 Å². The first kappa shape index (κ1) is 18.5. The van der Waals surface area contributed by atoms with Crippen molar-refractivity contribution in [2.75, 3.05) is 6.54 Å². The molecule has 6 heteroatoms. The van der Waals surface area contributed by atoms with Crippen molar-refractivity contribution >= 4 is 17.8 Å². The number of ether oxygens (including phenoxy) is 1. The number of allylic oxidation sites excluding steroid dienone is 1. The van der Waals surface area contributed by atoms with Gasteiger partial charge in [-0.25, -0.2) is 9.59 Å². The molecule has 1 saturated carbocycles. The molecular formula is C18H27NO5. The van der Waals surface area contributed by atoms with Gasteiger partial charge in [0, 0.05) is 19.0 Å². The summed E-state index contributed by atoms with van der Waals surface area (Å²) in [5, 5.41) is 8.79. The van der Waals surface area contributed by atoms with Crippen LogP contribution in [-0.4, -0.2) is 46.0 Å². The number of hydrogen-bond acceptors (Lipinski definition) is 4. The summed E-state index contributed by atoms with van der Waals surface area (Å²) in [5.41, 5.74) is -0.584. The number of carbonyl (C=O) groups is 3. The maximum atomic E-state index is 12.5. The van der Waals surface area contributed by atoms with E-state index in [0.29, 0.717) is 18.9 Å². The highest BCUT2D eigenvalue weighted by Gasteiger charge is 2.40. The molecule has 0 aromatic heterocycles. The summed E-state index contributed by atoms with van der Waals surface area (Å²) in [5.74, 6) is -0.471. The minimum absolute atomic E-state index is 0.00667. The van der Waals surface area contributed by atoms with Crippen molar-refractivity contribution in [3.63, 3.8) is 0 Å². The SMILES string of the molecule is CC(C)(C)OC(=O)N1CC[C@H]1C(=O)C[C@H](/C=C/C(=O)O)CC1CC1. The molecular weight excluding hydrogens is 310 g/mol. The Labute approximate surface area is 142 Å². The monoisotopic (exact) mass is 337 g/mol. The van der Waals surface area contributed by atoms with E-state index in [1.807, 2.05) is 0 Å². The summed E-state index contributed by atoms with van der Waals surface area (Å²) in [4.78, 5) is 36.8. The Morgan fingerprint density at radius 1 is 1.25 bits per heavy atom. The lowest BCUT2D eigenvalue weighted by Gasteiger charge is -2.40. The number of amides is 1. The maximum Gasteiger partial charge on any atom is 0.410 e. The molecule has 1 amide bonds. The molecule has 134 valence electrons. The predicted molar refractivity (Wildman–Crippen MR) is 88.6 cm³/mol. The van der Waals surface area contributed by atoms with E-state index in [4.69, 9.17) is 9.84 Å². The number of likely N-dealkylation sites (tertiary alicyclic amines) is 1. The Kier molecular flexibility index (Phi) is 5.67. The third kappa shape index (κ3) is 5.65. The molecule has 1 heterocycles. The molecule has 0 spiro atoms. The van der Waals surface area contributed by atoms with E-state index in [1.54, 1.807) is 26.8 Å². The third-order valence-corrected chi connectivity index (χ3v) is 4.33. The van der Waals surface area contributed by atoms with Crippen molar-refractivity contribution in [1.82, 2.24) is 4.90 Å². The summed E-state index contributed by atoms with van der Waals surface area (Å²) in [7, 11) is 0. The molecule has 1 N–H and O–H groups in total. The largest absolute Gasteiger partial charge is 0.478 e. The van der Waals surface area contributed by atoms with E-state index in [-0.39, 0.29) is 18.1 Å². The summed E-state index contributed by atoms with van der Waals surface area (Å²) < 4.78 is 5.32. The minimum Gasteiger partial charge on any atom is -0.478 e. The number of nitrogens with zero attached hydrogens (tertiary/aromatic N) is 1. The van der Waals surface area contributed by atoms with Crippen molar-refractivity contribution in [2.24, 2.45) is 11.8 Å². The van der Waals surface area contributed by atoms with Gasteiger partial charge < -0.3 is 9.84 Å². The zero-order valence-electron chi connectivity index (χ0n) is 14.7. The number of ketones is 1. The highest BCUT2D eigenvalue weighted by Crippen LogP contribution is 2.37. The fourth-order valence-corrected chi connectivity index (χ4v) is 2.89. The number of carboxylic acid groups (broad SMARTS) is 1. The Morgan fingerprint density at radius 2 is 1.92 bits per heavy atom. The maximum absolute atomic E-state index is 12.5. The fraction of sp³-hybridized carbons (Fsp3) is 0.722. The van der Waals surface area contributed by atoms with Gasteiger partial charge in [-0.2, -0.15) is 0 Å². The second-order valence-electron chi connectivity index (χ2n) is 7.79. The zero-order valence-corrected chi connectivity index (χ0v) is 14.7. The molecule has 24 heavy (non-hydrogen) atoms. The topological polar surface area (TPSA) is 83.9 Å². The van der Waals surface area contributed by atoms with Crippen molar-refractivity contribution < 1.29 is 24.2 Å². The van der Waals surface area contributed by atoms with Crippen LogP contribution in [0.3, 0.4) is 0 Å². The molecule has 2 atom stereocenters. The molecule has 2 fully saturated rings. The van der Waals surface area contributed by atoms with Crippen LogP contribution >= 0.6 is 0 Å². The van der Waals surface area contributed by atoms with E-state index >= 15 is 0 Å². The molecule has 1 aliphatic carbocycles. The molecule has 1 aliphatic heterocycles. The molecule has 6 nitrogen and oxygen atoms in total. The molecule has 0 bridgehead atoms. The van der Waals surface area contributed by atoms with Gasteiger partial charge in [0.25, 0.3) is 0 Å².